The van der Waals surface area contributed by atoms with Gasteiger partial charge in [-0.3, -0.25) is 4.79 Å². The van der Waals surface area contributed by atoms with Crippen molar-refractivity contribution in [1.29, 1.82) is 5.26 Å². The van der Waals surface area contributed by atoms with Crippen LogP contribution < -0.4 is 19.5 Å². The van der Waals surface area contributed by atoms with Crippen LogP contribution in [-0.2, 0) is 4.79 Å². The van der Waals surface area contributed by atoms with Gasteiger partial charge in [-0.1, -0.05) is 6.07 Å². The molecule has 3 rings (SSSR count). The molecule has 0 aliphatic rings. The Labute approximate surface area is 174 Å². The number of amides is 1. The molecule has 152 valence electrons. The third-order valence-electron chi connectivity index (χ3n) is 4.26. The fourth-order valence-electron chi connectivity index (χ4n) is 2.73. The molecule has 0 saturated heterocycles. The van der Waals surface area contributed by atoms with E-state index in [9.17, 15) is 4.79 Å². The Balaban J connectivity index is 1.63. The molecular formula is C23H21N3O4. The van der Waals surface area contributed by atoms with Crippen molar-refractivity contribution in [2.75, 3.05) is 19.0 Å². The van der Waals surface area contributed by atoms with E-state index >= 15 is 0 Å². The van der Waals surface area contributed by atoms with Gasteiger partial charge in [0.1, 0.15) is 17.4 Å². The minimum Gasteiger partial charge on any atom is -0.493 e. The van der Waals surface area contributed by atoms with E-state index in [0.29, 0.717) is 28.5 Å². The average Bonchev–Trinajstić information content (AvgIpc) is 2.75. The van der Waals surface area contributed by atoms with E-state index in [1.807, 2.05) is 32.0 Å². The van der Waals surface area contributed by atoms with Gasteiger partial charge in [0.2, 0.25) is 5.88 Å². The fraction of sp³-hybridized carbons (Fsp3) is 0.174. The molecule has 3 aromatic rings. The first kappa shape index (κ1) is 20.7. The normalized spacial score (nSPS) is 10.1. The van der Waals surface area contributed by atoms with Gasteiger partial charge in [-0.2, -0.15) is 5.26 Å². The van der Waals surface area contributed by atoms with Crippen LogP contribution in [0.4, 0.5) is 5.69 Å². The van der Waals surface area contributed by atoms with Crippen molar-refractivity contribution in [3.05, 3.63) is 71.4 Å². The van der Waals surface area contributed by atoms with Crippen molar-refractivity contribution >= 4 is 11.6 Å². The van der Waals surface area contributed by atoms with Crippen molar-refractivity contribution < 1.29 is 19.0 Å². The van der Waals surface area contributed by atoms with Gasteiger partial charge in [-0.05, 0) is 67.4 Å². The van der Waals surface area contributed by atoms with Gasteiger partial charge in [0.25, 0.3) is 5.91 Å². The minimum atomic E-state index is -0.300. The predicted octanol–water partition coefficient (Wildman–Crippen LogP) is 4.39. The van der Waals surface area contributed by atoms with Crippen molar-refractivity contribution in [1.82, 2.24) is 4.98 Å². The molecule has 1 heterocycles. The Morgan fingerprint density at radius 3 is 2.70 bits per heavy atom. The van der Waals surface area contributed by atoms with E-state index in [-0.39, 0.29) is 18.4 Å². The number of rotatable bonds is 7. The first-order valence-corrected chi connectivity index (χ1v) is 9.21. The van der Waals surface area contributed by atoms with Crippen LogP contribution in [-0.4, -0.2) is 24.6 Å². The molecule has 30 heavy (non-hydrogen) atoms. The molecule has 0 radical (unpaired) electrons. The third-order valence-corrected chi connectivity index (χ3v) is 4.26. The van der Waals surface area contributed by atoms with Crippen LogP contribution in [0.15, 0.2) is 54.7 Å². The predicted molar refractivity (Wildman–Crippen MR) is 112 cm³/mol. The van der Waals surface area contributed by atoms with Gasteiger partial charge in [-0.25, -0.2) is 4.98 Å². The molecule has 0 bridgehead atoms. The van der Waals surface area contributed by atoms with Gasteiger partial charge in [0.05, 0.1) is 7.11 Å². The maximum Gasteiger partial charge on any atom is 0.262 e. The Morgan fingerprint density at radius 2 is 1.97 bits per heavy atom. The lowest BCUT2D eigenvalue weighted by Crippen LogP contribution is -2.20. The molecular weight excluding hydrogens is 382 g/mol. The molecule has 0 spiro atoms. The second-order valence-electron chi connectivity index (χ2n) is 6.54. The number of nitriles is 1. The topological polar surface area (TPSA) is 93.5 Å². The highest BCUT2D eigenvalue weighted by Gasteiger charge is 2.11. The number of ether oxygens (including phenoxy) is 3. The number of nitrogens with zero attached hydrogens (tertiary/aromatic N) is 2. The molecule has 0 atom stereocenters. The Morgan fingerprint density at radius 1 is 1.13 bits per heavy atom. The molecule has 7 nitrogen and oxygen atoms in total. The molecule has 1 aromatic heterocycles. The summed E-state index contributed by atoms with van der Waals surface area (Å²) in [5.74, 6) is 1.53. The number of hydrogen-bond donors (Lipinski definition) is 1. The van der Waals surface area contributed by atoms with Crippen LogP contribution in [0.25, 0.3) is 0 Å². The zero-order chi connectivity index (χ0) is 21.5. The third kappa shape index (κ3) is 5.06. The molecule has 0 saturated carbocycles. The van der Waals surface area contributed by atoms with E-state index in [1.165, 1.54) is 0 Å². The van der Waals surface area contributed by atoms with E-state index < -0.39 is 0 Å². The molecule has 0 fully saturated rings. The van der Waals surface area contributed by atoms with Crippen LogP contribution in [0.3, 0.4) is 0 Å². The lowest BCUT2D eigenvalue weighted by Gasteiger charge is -2.13. The van der Waals surface area contributed by atoms with Crippen LogP contribution in [0.1, 0.15) is 16.7 Å². The quantitative estimate of drug-likeness (QED) is 0.629. The zero-order valence-electron chi connectivity index (χ0n) is 16.9. The molecule has 2 aromatic carbocycles. The Hall–Kier alpha value is -4.05. The Kier molecular flexibility index (Phi) is 6.50. The summed E-state index contributed by atoms with van der Waals surface area (Å²) in [4.78, 5) is 16.4. The number of nitrogens with one attached hydrogen (secondary N) is 1. The highest BCUT2D eigenvalue weighted by molar-refractivity contribution is 5.92. The van der Waals surface area contributed by atoms with Crippen LogP contribution in [0.2, 0.25) is 0 Å². The van der Waals surface area contributed by atoms with Crippen LogP contribution >= 0.6 is 0 Å². The number of aromatic nitrogens is 1. The summed E-state index contributed by atoms with van der Waals surface area (Å²) >= 11 is 0. The lowest BCUT2D eigenvalue weighted by atomic mass is 10.2. The monoisotopic (exact) mass is 403 g/mol. The highest BCUT2D eigenvalue weighted by atomic mass is 16.5. The first-order chi connectivity index (χ1) is 14.5. The van der Waals surface area contributed by atoms with Gasteiger partial charge in [-0.15, -0.1) is 0 Å². The number of carbonyl (C=O) groups excluding carboxylic acids is 1. The zero-order valence-corrected chi connectivity index (χ0v) is 16.9. The molecule has 0 aliphatic heterocycles. The number of benzene rings is 2. The van der Waals surface area contributed by atoms with E-state index in [0.717, 1.165) is 11.1 Å². The van der Waals surface area contributed by atoms with Crippen molar-refractivity contribution in [3.8, 4) is 29.2 Å². The van der Waals surface area contributed by atoms with E-state index in [4.69, 9.17) is 19.5 Å². The second kappa shape index (κ2) is 9.43. The smallest absolute Gasteiger partial charge is 0.262 e. The molecule has 0 unspecified atom stereocenters. The summed E-state index contributed by atoms with van der Waals surface area (Å²) in [6.07, 6.45) is 1.56. The van der Waals surface area contributed by atoms with Crippen LogP contribution in [0, 0.1) is 25.2 Å². The Bertz CT molecular complexity index is 1110. The standard InChI is InChI=1S/C23H21N3O4/c1-15-6-9-20(21(11-15)28-3)29-14-22(27)26-19-8-7-18(12-16(19)2)30-23-17(13-24)5-4-10-25-23/h4-12H,14H2,1-3H3,(H,26,27). The number of anilines is 1. The van der Waals surface area contributed by atoms with Crippen molar-refractivity contribution in [2.24, 2.45) is 0 Å². The first-order valence-electron chi connectivity index (χ1n) is 9.21. The second-order valence-corrected chi connectivity index (χ2v) is 6.54. The lowest BCUT2D eigenvalue weighted by molar-refractivity contribution is -0.118. The number of carbonyl (C=O) groups is 1. The van der Waals surface area contributed by atoms with Gasteiger partial charge in [0, 0.05) is 11.9 Å². The largest absolute Gasteiger partial charge is 0.493 e. The molecule has 1 amide bonds. The summed E-state index contributed by atoms with van der Waals surface area (Å²) in [6, 6.07) is 16.0. The number of hydrogen-bond acceptors (Lipinski definition) is 6. The minimum absolute atomic E-state index is 0.156. The maximum atomic E-state index is 12.3. The van der Waals surface area contributed by atoms with Gasteiger partial charge < -0.3 is 19.5 Å². The van der Waals surface area contributed by atoms with E-state index in [2.05, 4.69) is 10.3 Å². The number of pyridine rings is 1. The van der Waals surface area contributed by atoms with E-state index in [1.54, 1.807) is 49.7 Å². The summed E-state index contributed by atoms with van der Waals surface area (Å²) in [5, 5.41) is 12.0. The summed E-state index contributed by atoms with van der Waals surface area (Å²) in [7, 11) is 1.55. The molecule has 7 heteroatoms. The fourth-order valence-corrected chi connectivity index (χ4v) is 2.73. The SMILES string of the molecule is COc1cc(C)ccc1OCC(=O)Nc1ccc(Oc2ncccc2C#N)cc1C. The highest BCUT2D eigenvalue weighted by Crippen LogP contribution is 2.28. The van der Waals surface area contributed by atoms with Crippen LogP contribution in [0.5, 0.6) is 23.1 Å². The molecule has 1 N–H and O–H groups in total. The van der Waals surface area contributed by atoms with Crippen molar-refractivity contribution in [3.63, 3.8) is 0 Å². The van der Waals surface area contributed by atoms with Crippen molar-refractivity contribution in [2.45, 2.75) is 13.8 Å². The number of methoxy groups -OCH3 is 1. The summed E-state index contributed by atoms with van der Waals surface area (Å²) < 4.78 is 16.6. The van der Waals surface area contributed by atoms with Gasteiger partial charge >= 0.3 is 0 Å². The summed E-state index contributed by atoms with van der Waals surface area (Å²) in [6.45, 7) is 3.64. The maximum absolute atomic E-state index is 12.3. The van der Waals surface area contributed by atoms with Gasteiger partial charge in [0.15, 0.2) is 18.1 Å². The average molecular weight is 403 g/mol. The molecule has 0 aliphatic carbocycles. The summed E-state index contributed by atoms with van der Waals surface area (Å²) in [5.41, 5.74) is 2.81. The number of aryl methyl sites for hydroxylation is 2.